The van der Waals surface area contributed by atoms with Crippen molar-refractivity contribution in [3.8, 4) is 0 Å². The Morgan fingerprint density at radius 3 is 2.14 bits per heavy atom. The van der Waals surface area contributed by atoms with Crippen LogP contribution >= 0.6 is 35.1 Å². The van der Waals surface area contributed by atoms with E-state index in [-0.39, 0.29) is 13.0 Å². The number of hydrogen-bond acceptors (Lipinski definition) is 7. The molecule has 1 saturated heterocycles. The first kappa shape index (κ1) is 33.0. The lowest BCUT2D eigenvalue weighted by molar-refractivity contribution is -0.150. The molecule has 1 fully saturated rings. The lowest BCUT2D eigenvalue weighted by atomic mass is 10.1. The van der Waals surface area contributed by atoms with E-state index in [1.165, 1.54) is 9.21 Å². The van der Waals surface area contributed by atoms with Gasteiger partial charge in [-0.3, -0.25) is 14.0 Å². The van der Waals surface area contributed by atoms with Gasteiger partial charge >= 0.3 is 18.1 Å². The van der Waals surface area contributed by atoms with Crippen LogP contribution in [0, 0.1) is 0 Å². The fourth-order valence-electron chi connectivity index (χ4n) is 4.08. The number of ether oxygens (including phenoxy) is 2. The molecule has 1 aliphatic rings. The van der Waals surface area contributed by atoms with Crippen molar-refractivity contribution in [2.45, 2.75) is 50.9 Å². The highest BCUT2D eigenvalue weighted by molar-refractivity contribution is 7.98. The Hall–Kier alpha value is -3.93. The van der Waals surface area contributed by atoms with Gasteiger partial charge < -0.3 is 20.1 Å². The Kier molecular flexibility index (Phi) is 11.0. The number of urea groups is 1. The highest BCUT2D eigenvalue weighted by Gasteiger charge is 2.41. The molecule has 2 N–H and O–H groups in total. The number of carbonyl (C=O) groups is 4. The summed E-state index contributed by atoms with van der Waals surface area (Å²) >= 11 is 13.0. The maximum atomic E-state index is 13.5. The number of halogens is 2. The van der Waals surface area contributed by atoms with Crippen molar-refractivity contribution in [1.82, 2.24) is 19.8 Å². The summed E-state index contributed by atoms with van der Waals surface area (Å²) in [6.45, 7) is 4.84. The molecule has 2 atom stereocenters. The molecule has 1 heterocycles. The second kappa shape index (κ2) is 14.7. The SMILES string of the molecule is CC(C)(C)OC(=O)NC(Cc1ccccc1)C(=O)OCN1C(=O)N(Cc2ccc(Cl)cc2)SC1NC(=O)c1ccc(Cl)cc1. The summed E-state index contributed by atoms with van der Waals surface area (Å²) in [7, 11) is 0. The average Bonchev–Trinajstić information content (AvgIpc) is 3.25. The standard InChI is InChI=1S/C31H32Cl2N4O6S/c1-31(2,3)43-29(40)34-25(17-20-7-5-4-6-8-20)27(39)42-19-36-28(35-26(38)22-11-15-24(33)16-12-22)44-37(30(36)41)18-21-9-13-23(32)14-10-21/h4-16,25,28H,17-19H2,1-3H3,(H,34,40)(H,35,38). The molecule has 0 aliphatic carbocycles. The van der Waals surface area contributed by atoms with Crippen LogP contribution in [-0.2, 0) is 27.2 Å². The molecular formula is C31H32Cl2N4O6S. The van der Waals surface area contributed by atoms with Gasteiger partial charge in [-0.15, -0.1) is 0 Å². The summed E-state index contributed by atoms with van der Waals surface area (Å²) in [6, 6.07) is 20.8. The third kappa shape index (κ3) is 9.54. The molecule has 2 unspecified atom stereocenters. The normalized spacial score (nSPS) is 15.5. The van der Waals surface area contributed by atoms with Gasteiger partial charge in [-0.25, -0.2) is 14.4 Å². The van der Waals surface area contributed by atoms with Crippen LogP contribution in [0.15, 0.2) is 78.9 Å². The summed E-state index contributed by atoms with van der Waals surface area (Å²) < 4.78 is 12.4. The molecule has 1 aliphatic heterocycles. The Labute approximate surface area is 270 Å². The molecule has 4 amide bonds. The lowest BCUT2D eigenvalue weighted by Gasteiger charge is -2.25. The molecule has 4 rings (SSSR count). The third-order valence-corrected chi connectivity index (χ3v) is 7.79. The van der Waals surface area contributed by atoms with Crippen LogP contribution in [0.25, 0.3) is 0 Å². The van der Waals surface area contributed by atoms with Crippen molar-refractivity contribution in [1.29, 1.82) is 0 Å². The van der Waals surface area contributed by atoms with E-state index in [9.17, 15) is 19.2 Å². The summed E-state index contributed by atoms with van der Waals surface area (Å²) in [5.74, 6) is -1.23. The molecule has 3 aromatic rings. The van der Waals surface area contributed by atoms with E-state index in [0.717, 1.165) is 23.1 Å². The van der Waals surface area contributed by atoms with Crippen molar-refractivity contribution >= 4 is 59.2 Å². The lowest BCUT2D eigenvalue weighted by Crippen LogP contribution is -2.49. The van der Waals surface area contributed by atoms with E-state index in [0.29, 0.717) is 15.6 Å². The zero-order valence-electron chi connectivity index (χ0n) is 24.3. The third-order valence-electron chi connectivity index (χ3n) is 6.17. The summed E-state index contributed by atoms with van der Waals surface area (Å²) in [4.78, 5) is 53.7. The Morgan fingerprint density at radius 2 is 1.52 bits per heavy atom. The van der Waals surface area contributed by atoms with Gasteiger partial charge in [-0.1, -0.05) is 65.7 Å². The molecule has 232 valence electrons. The van der Waals surface area contributed by atoms with E-state index in [1.807, 2.05) is 30.3 Å². The zero-order chi connectivity index (χ0) is 31.9. The van der Waals surface area contributed by atoms with E-state index in [1.54, 1.807) is 69.3 Å². The summed E-state index contributed by atoms with van der Waals surface area (Å²) in [5, 5.41) is 6.42. The first-order valence-electron chi connectivity index (χ1n) is 13.6. The number of alkyl carbamates (subject to hydrolysis) is 1. The quantitative estimate of drug-likeness (QED) is 0.196. The number of nitrogens with one attached hydrogen (secondary N) is 2. The van der Waals surface area contributed by atoms with Gasteiger partial charge in [0.25, 0.3) is 5.91 Å². The van der Waals surface area contributed by atoms with E-state index < -0.39 is 47.9 Å². The minimum atomic E-state index is -1.11. The maximum Gasteiger partial charge on any atom is 0.408 e. The molecule has 0 radical (unpaired) electrons. The summed E-state index contributed by atoms with van der Waals surface area (Å²) in [6.07, 6.45) is -0.661. The first-order chi connectivity index (χ1) is 20.9. The summed E-state index contributed by atoms with van der Waals surface area (Å²) in [5.41, 5.74) is 0.229. The van der Waals surface area contributed by atoms with Gasteiger partial charge in [0.1, 0.15) is 11.6 Å². The zero-order valence-corrected chi connectivity index (χ0v) is 26.6. The van der Waals surface area contributed by atoms with Crippen LogP contribution in [0.1, 0.15) is 42.3 Å². The van der Waals surface area contributed by atoms with Crippen LogP contribution < -0.4 is 10.6 Å². The predicted molar refractivity (Wildman–Crippen MR) is 169 cm³/mol. The fourth-order valence-corrected chi connectivity index (χ4v) is 5.41. The van der Waals surface area contributed by atoms with E-state index in [4.69, 9.17) is 32.7 Å². The number of hydrogen-bond donors (Lipinski definition) is 2. The molecule has 0 saturated carbocycles. The average molecular weight is 660 g/mol. The van der Waals surface area contributed by atoms with Crippen LogP contribution in [0.2, 0.25) is 10.0 Å². The number of carbonyl (C=O) groups excluding carboxylic acids is 4. The van der Waals surface area contributed by atoms with Crippen molar-refractivity contribution in [2.75, 3.05) is 6.73 Å². The van der Waals surface area contributed by atoms with Gasteiger partial charge in [0.15, 0.2) is 12.2 Å². The van der Waals surface area contributed by atoms with Crippen LogP contribution in [0.3, 0.4) is 0 Å². The van der Waals surface area contributed by atoms with Gasteiger partial charge in [-0.2, -0.15) is 0 Å². The van der Waals surface area contributed by atoms with Gasteiger partial charge in [0, 0.05) is 34.0 Å². The molecule has 0 aromatic heterocycles. The number of amides is 4. The molecule has 0 bridgehead atoms. The number of benzene rings is 3. The fraction of sp³-hybridized carbons (Fsp3) is 0.290. The second-order valence-electron chi connectivity index (χ2n) is 10.8. The number of nitrogens with zero attached hydrogens (tertiary/aromatic N) is 2. The van der Waals surface area contributed by atoms with Crippen LogP contribution in [0.4, 0.5) is 9.59 Å². The highest BCUT2D eigenvalue weighted by Crippen LogP contribution is 2.32. The maximum absolute atomic E-state index is 13.5. The Morgan fingerprint density at radius 1 is 0.909 bits per heavy atom. The van der Waals surface area contributed by atoms with Crippen molar-refractivity contribution in [3.63, 3.8) is 0 Å². The minimum Gasteiger partial charge on any atom is -0.444 e. The number of esters is 1. The van der Waals surface area contributed by atoms with Gasteiger partial charge in [0.2, 0.25) is 0 Å². The van der Waals surface area contributed by atoms with E-state index >= 15 is 0 Å². The molecule has 13 heteroatoms. The predicted octanol–water partition coefficient (Wildman–Crippen LogP) is 6.23. The largest absolute Gasteiger partial charge is 0.444 e. The molecule has 10 nitrogen and oxygen atoms in total. The van der Waals surface area contributed by atoms with Crippen molar-refractivity contribution in [2.24, 2.45) is 0 Å². The molecular weight excluding hydrogens is 627 g/mol. The topological polar surface area (TPSA) is 117 Å². The second-order valence-corrected chi connectivity index (χ2v) is 12.8. The minimum absolute atomic E-state index is 0.126. The van der Waals surface area contributed by atoms with Crippen LogP contribution in [0.5, 0.6) is 0 Å². The van der Waals surface area contributed by atoms with E-state index in [2.05, 4.69) is 10.6 Å². The molecule has 0 spiro atoms. The Bertz CT molecular complexity index is 1470. The van der Waals surface area contributed by atoms with Crippen molar-refractivity contribution in [3.05, 3.63) is 106 Å². The van der Waals surface area contributed by atoms with Gasteiger partial charge in [0.05, 0.1) is 6.54 Å². The Balaban J connectivity index is 1.50. The number of rotatable bonds is 10. The monoisotopic (exact) mass is 658 g/mol. The van der Waals surface area contributed by atoms with Crippen molar-refractivity contribution < 1.29 is 28.7 Å². The molecule has 44 heavy (non-hydrogen) atoms. The van der Waals surface area contributed by atoms with Crippen LogP contribution in [-0.4, -0.2) is 57.1 Å². The smallest absolute Gasteiger partial charge is 0.408 e. The first-order valence-corrected chi connectivity index (χ1v) is 15.2. The highest BCUT2D eigenvalue weighted by atomic mass is 35.5. The van der Waals surface area contributed by atoms with Gasteiger partial charge in [-0.05, 0) is 68.3 Å². The molecule has 3 aromatic carbocycles.